The van der Waals surface area contributed by atoms with Crippen molar-refractivity contribution in [3.63, 3.8) is 0 Å². The van der Waals surface area contributed by atoms with Crippen molar-refractivity contribution >= 4 is 40.6 Å². The van der Waals surface area contributed by atoms with E-state index in [-0.39, 0.29) is 5.78 Å². The Morgan fingerprint density at radius 3 is 1.89 bits per heavy atom. The van der Waals surface area contributed by atoms with E-state index in [1.54, 1.807) is 12.1 Å². The average Bonchev–Trinajstić information content (AvgIpc) is 2.90. The molecule has 0 aliphatic heterocycles. The first-order valence-corrected chi connectivity index (χ1v) is 14.2. The molecule has 9 heteroatoms. The molecule has 0 saturated heterocycles. The summed E-state index contributed by atoms with van der Waals surface area (Å²) in [6.07, 6.45) is 8.53. The van der Waals surface area contributed by atoms with Crippen molar-refractivity contribution in [1.29, 1.82) is 0 Å². The Bertz CT molecular complexity index is 1280. The van der Waals surface area contributed by atoms with E-state index in [0.29, 0.717) is 33.6 Å². The van der Waals surface area contributed by atoms with Crippen molar-refractivity contribution in [3.05, 3.63) is 85.6 Å². The van der Waals surface area contributed by atoms with E-state index in [4.69, 9.17) is 34.8 Å². The van der Waals surface area contributed by atoms with Crippen molar-refractivity contribution < 1.29 is 9.90 Å². The molecule has 0 spiro atoms. The lowest BCUT2D eigenvalue weighted by Crippen LogP contribution is -2.25. The van der Waals surface area contributed by atoms with Crippen molar-refractivity contribution in [2.75, 3.05) is 14.1 Å². The zero-order valence-corrected chi connectivity index (χ0v) is 24.0. The number of nitrogens with zero attached hydrogens (tertiary/aromatic N) is 4. The average molecular weight is 576 g/mol. The summed E-state index contributed by atoms with van der Waals surface area (Å²) in [7, 11) is 4.20. The highest BCUT2D eigenvalue weighted by molar-refractivity contribution is 6.30. The molecule has 0 amide bonds. The van der Waals surface area contributed by atoms with Crippen LogP contribution in [0.25, 0.3) is 0 Å². The molecule has 0 saturated carbocycles. The highest BCUT2D eigenvalue weighted by Crippen LogP contribution is 2.32. The van der Waals surface area contributed by atoms with Crippen LogP contribution in [0.4, 0.5) is 0 Å². The van der Waals surface area contributed by atoms with Gasteiger partial charge in [0.15, 0.2) is 5.78 Å². The van der Waals surface area contributed by atoms with Crippen LogP contribution in [0.2, 0.25) is 15.5 Å². The summed E-state index contributed by atoms with van der Waals surface area (Å²) in [6.45, 7) is 0. The van der Waals surface area contributed by atoms with E-state index in [0.717, 1.165) is 55.3 Å². The number of fused-ring (bicyclic) bond motifs is 3. The van der Waals surface area contributed by atoms with Gasteiger partial charge in [0.25, 0.3) is 0 Å². The number of hydrogen-bond donors (Lipinski definition) is 1. The fourth-order valence-electron chi connectivity index (χ4n) is 5.17. The maximum Gasteiger partial charge on any atom is 0.181 e. The predicted molar refractivity (Wildman–Crippen MR) is 152 cm³/mol. The fourth-order valence-corrected chi connectivity index (χ4v) is 5.63. The second-order valence-electron chi connectivity index (χ2n) is 10.1. The smallest absolute Gasteiger partial charge is 0.181 e. The molecule has 3 heterocycles. The Morgan fingerprint density at radius 2 is 1.24 bits per heavy atom. The van der Waals surface area contributed by atoms with Crippen LogP contribution in [0.1, 0.15) is 89.2 Å². The van der Waals surface area contributed by atoms with Crippen LogP contribution in [-0.4, -0.2) is 44.8 Å². The number of carbonyl (C=O) groups is 1. The number of aliphatic hydroxyl groups is 1. The maximum absolute atomic E-state index is 11.3. The van der Waals surface area contributed by atoms with Gasteiger partial charge in [0.05, 0.1) is 23.5 Å². The molecule has 6 nitrogen and oxygen atoms in total. The van der Waals surface area contributed by atoms with Crippen molar-refractivity contribution in [2.24, 2.45) is 0 Å². The lowest BCUT2D eigenvalue weighted by Gasteiger charge is -2.29. The van der Waals surface area contributed by atoms with Gasteiger partial charge in [-0.1, -0.05) is 53.0 Å². The molecule has 38 heavy (non-hydrogen) atoms. The number of ketones is 1. The molecule has 3 aliphatic rings. The number of carbonyl (C=O) groups excluding carboxylic acids is 1. The topological polar surface area (TPSA) is 79.2 Å². The third-order valence-electron chi connectivity index (χ3n) is 7.12. The zero-order valence-electron chi connectivity index (χ0n) is 21.8. The quantitative estimate of drug-likeness (QED) is 0.314. The van der Waals surface area contributed by atoms with E-state index in [9.17, 15) is 9.90 Å². The fraction of sp³-hybridized carbons (Fsp3) is 0.448. The summed E-state index contributed by atoms with van der Waals surface area (Å²) in [5, 5.41) is 11.0. The summed E-state index contributed by atoms with van der Waals surface area (Å²) in [5.74, 6) is 0.124. The number of Topliss-reactive ketones (excluding diaryl/α,β-unsaturated/α-hetero) is 1. The van der Waals surface area contributed by atoms with Gasteiger partial charge in [0.1, 0.15) is 21.2 Å². The highest BCUT2D eigenvalue weighted by atomic mass is 35.5. The molecule has 6 rings (SSSR count). The Hall–Kier alpha value is -2.09. The van der Waals surface area contributed by atoms with Gasteiger partial charge in [-0.25, -0.2) is 15.0 Å². The third-order valence-corrected chi connectivity index (χ3v) is 7.75. The van der Waals surface area contributed by atoms with Gasteiger partial charge in [-0.05, 0) is 100 Å². The summed E-state index contributed by atoms with van der Waals surface area (Å²) < 4.78 is 0. The summed E-state index contributed by atoms with van der Waals surface area (Å²) in [6, 6.07) is 11.8. The second kappa shape index (κ2) is 13.3. The second-order valence-corrected chi connectivity index (χ2v) is 11.2. The van der Waals surface area contributed by atoms with Gasteiger partial charge in [0, 0.05) is 6.42 Å². The van der Waals surface area contributed by atoms with Crippen LogP contribution in [0.5, 0.6) is 0 Å². The normalized spacial score (nSPS) is 19.7. The van der Waals surface area contributed by atoms with Crippen LogP contribution in [0, 0.1) is 0 Å². The van der Waals surface area contributed by atoms with E-state index < -0.39 is 6.10 Å². The summed E-state index contributed by atoms with van der Waals surface area (Å²) in [4.78, 5) is 26.1. The minimum absolute atomic E-state index is 0.124. The molecule has 3 aromatic rings. The van der Waals surface area contributed by atoms with Crippen molar-refractivity contribution in [2.45, 2.75) is 69.9 Å². The number of aliphatic hydroxyl groups excluding tert-OH is 1. The number of halogens is 3. The Morgan fingerprint density at radius 1 is 0.711 bits per heavy atom. The van der Waals surface area contributed by atoms with Gasteiger partial charge in [-0.15, -0.1) is 0 Å². The largest absolute Gasteiger partial charge is 0.387 e. The van der Waals surface area contributed by atoms with Gasteiger partial charge in [-0.3, -0.25) is 4.79 Å². The number of pyridine rings is 3. The van der Waals surface area contributed by atoms with Gasteiger partial charge < -0.3 is 10.0 Å². The van der Waals surface area contributed by atoms with Crippen LogP contribution >= 0.6 is 34.8 Å². The Kier molecular flexibility index (Phi) is 10.1. The molecule has 2 unspecified atom stereocenters. The third kappa shape index (κ3) is 7.30. The predicted octanol–water partition coefficient (Wildman–Crippen LogP) is 7.03. The lowest BCUT2D eigenvalue weighted by molar-refractivity contribution is 0.0967. The molecular formula is C29H33Cl3N4O2. The summed E-state index contributed by atoms with van der Waals surface area (Å²) >= 11 is 17.3. The molecule has 0 radical (unpaired) electrons. The van der Waals surface area contributed by atoms with Crippen LogP contribution in [0.15, 0.2) is 36.4 Å². The van der Waals surface area contributed by atoms with E-state index in [1.165, 1.54) is 24.1 Å². The highest BCUT2D eigenvalue weighted by Gasteiger charge is 2.23. The number of aromatic nitrogens is 3. The van der Waals surface area contributed by atoms with Gasteiger partial charge in [0.2, 0.25) is 0 Å². The molecule has 0 aromatic carbocycles. The number of hydrogen-bond acceptors (Lipinski definition) is 6. The lowest BCUT2D eigenvalue weighted by atomic mass is 9.91. The van der Waals surface area contributed by atoms with E-state index >= 15 is 0 Å². The van der Waals surface area contributed by atoms with Crippen LogP contribution in [0.3, 0.4) is 0 Å². The SMILES string of the molecule is CN(C)C1CCCc2ccc(Cl)nc21.O=C1CCCc2ccc(Cl)nc21.OC1CCCc2ccc(Cl)nc21. The minimum Gasteiger partial charge on any atom is -0.387 e. The van der Waals surface area contributed by atoms with Gasteiger partial charge in [-0.2, -0.15) is 0 Å². The van der Waals surface area contributed by atoms with E-state index in [2.05, 4.69) is 40.0 Å². The summed E-state index contributed by atoms with van der Waals surface area (Å²) in [5.41, 5.74) is 6.06. The molecule has 3 aliphatic carbocycles. The molecule has 202 valence electrons. The first-order valence-electron chi connectivity index (χ1n) is 13.1. The minimum atomic E-state index is -0.410. The number of rotatable bonds is 1. The van der Waals surface area contributed by atoms with E-state index in [1.807, 2.05) is 18.2 Å². The number of aryl methyl sites for hydroxylation is 3. The standard InChI is InChI=1S/C11H15ClN2.C9H10ClNO.C9H8ClNO/c1-14(2)9-5-3-4-8-6-7-10(12)13-11(8)9;2*10-8-5-4-6-2-1-3-7(12)9(6)11-8/h6-7,9H,3-5H2,1-2H3;4-5,7,12H,1-3H2;4-5H,1-3H2. The first kappa shape index (κ1) is 28.9. The zero-order chi connectivity index (χ0) is 27.2. The molecule has 2 atom stereocenters. The molecule has 3 aromatic heterocycles. The molecule has 0 bridgehead atoms. The molecule has 1 N–H and O–H groups in total. The molecular weight excluding hydrogens is 543 g/mol. The maximum atomic E-state index is 11.3. The first-order chi connectivity index (χ1) is 18.2. The van der Waals surface area contributed by atoms with Gasteiger partial charge >= 0.3 is 0 Å². The Labute approximate surface area is 239 Å². The molecule has 0 fully saturated rings. The monoisotopic (exact) mass is 574 g/mol. The van der Waals surface area contributed by atoms with Crippen molar-refractivity contribution in [3.8, 4) is 0 Å². The van der Waals surface area contributed by atoms with Crippen LogP contribution in [-0.2, 0) is 19.3 Å². The Balaban J connectivity index is 0.000000133. The van der Waals surface area contributed by atoms with Crippen LogP contribution < -0.4 is 0 Å². The van der Waals surface area contributed by atoms with Crippen molar-refractivity contribution in [1.82, 2.24) is 19.9 Å².